The van der Waals surface area contributed by atoms with Gasteiger partial charge in [-0.05, 0) is 41.6 Å². The van der Waals surface area contributed by atoms with E-state index in [0.29, 0.717) is 0 Å². The number of nitrogens with one attached hydrogen (secondary N) is 1. The zero-order chi connectivity index (χ0) is 21.0. The minimum Gasteiger partial charge on any atom is -0.508 e. The maximum atomic E-state index is 12.5. The molecule has 3 N–H and O–H groups in total. The molecule has 1 saturated heterocycles. The van der Waals surface area contributed by atoms with Crippen LogP contribution in [0, 0.1) is 0 Å². The van der Waals surface area contributed by atoms with Crippen molar-refractivity contribution in [3.63, 3.8) is 0 Å². The summed E-state index contributed by atoms with van der Waals surface area (Å²) in [7, 11) is 0. The standard InChI is InChI=1S/C20H16N2O6S/c23-13-6-7-15(14(11-13)19(26)27)21-17(24)8-9-22-18(25)16(29-20(22)28)10-12-4-2-1-3-5-12/h1-7,10-11,23H,8-9H2,(H,21,24)(H,26,27)/b16-10+. The van der Waals surface area contributed by atoms with E-state index in [2.05, 4.69) is 5.32 Å². The highest BCUT2D eigenvalue weighted by Gasteiger charge is 2.35. The number of aromatic hydroxyl groups is 1. The highest BCUT2D eigenvalue weighted by Crippen LogP contribution is 2.32. The van der Waals surface area contributed by atoms with Gasteiger partial charge >= 0.3 is 5.97 Å². The number of carbonyl (C=O) groups is 4. The predicted molar refractivity (Wildman–Crippen MR) is 107 cm³/mol. The minimum absolute atomic E-state index is 0.0124. The van der Waals surface area contributed by atoms with Crippen LogP contribution in [-0.4, -0.2) is 44.7 Å². The molecule has 29 heavy (non-hydrogen) atoms. The van der Waals surface area contributed by atoms with Gasteiger partial charge in [0.1, 0.15) is 5.75 Å². The van der Waals surface area contributed by atoms with Crippen molar-refractivity contribution in [2.45, 2.75) is 6.42 Å². The van der Waals surface area contributed by atoms with E-state index < -0.39 is 23.0 Å². The molecule has 148 valence electrons. The van der Waals surface area contributed by atoms with E-state index in [9.17, 15) is 24.3 Å². The molecular weight excluding hydrogens is 396 g/mol. The Morgan fingerprint density at radius 1 is 1.10 bits per heavy atom. The minimum atomic E-state index is -1.31. The summed E-state index contributed by atoms with van der Waals surface area (Å²) in [4.78, 5) is 49.2. The van der Waals surface area contributed by atoms with Crippen molar-refractivity contribution in [2.75, 3.05) is 11.9 Å². The normalized spacial score (nSPS) is 15.0. The fourth-order valence-corrected chi connectivity index (χ4v) is 3.50. The number of anilines is 1. The first-order valence-corrected chi connectivity index (χ1v) is 9.33. The molecule has 0 bridgehead atoms. The van der Waals surface area contributed by atoms with Gasteiger partial charge in [-0.2, -0.15) is 0 Å². The number of imide groups is 1. The summed E-state index contributed by atoms with van der Waals surface area (Å²) < 4.78 is 0. The van der Waals surface area contributed by atoms with Gasteiger partial charge in [-0.1, -0.05) is 30.3 Å². The van der Waals surface area contributed by atoms with E-state index in [1.54, 1.807) is 18.2 Å². The van der Waals surface area contributed by atoms with Gasteiger partial charge in [-0.3, -0.25) is 19.3 Å². The van der Waals surface area contributed by atoms with E-state index in [1.807, 2.05) is 18.2 Å². The van der Waals surface area contributed by atoms with Crippen LogP contribution in [0.15, 0.2) is 53.4 Å². The average Bonchev–Trinajstić information content (AvgIpc) is 2.95. The number of benzene rings is 2. The summed E-state index contributed by atoms with van der Waals surface area (Å²) in [5.74, 6) is -2.60. The third-order valence-corrected chi connectivity index (χ3v) is 4.95. The first-order chi connectivity index (χ1) is 13.8. The fourth-order valence-electron chi connectivity index (χ4n) is 2.64. The van der Waals surface area contributed by atoms with E-state index in [4.69, 9.17) is 5.11 Å². The second kappa shape index (κ2) is 8.61. The average molecular weight is 412 g/mol. The van der Waals surface area contributed by atoms with Crippen molar-refractivity contribution < 1.29 is 29.4 Å². The van der Waals surface area contributed by atoms with Crippen LogP contribution < -0.4 is 5.32 Å². The van der Waals surface area contributed by atoms with Crippen molar-refractivity contribution in [1.82, 2.24) is 4.90 Å². The Morgan fingerprint density at radius 2 is 1.83 bits per heavy atom. The number of phenols is 1. The summed E-state index contributed by atoms with van der Waals surface area (Å²) in [6, 6.07) is 12.6. The van der Waals surface area contributed by atoms with Crippen molar-refractivity contribution in [3.8, 4) is 5.75 Å². The summed E-state index contributed by atoms with van der Waals surface area (Å²) in [5.41, 5.74) is 0.526. The van der Waals surface area contributed by atoms with Crippen molar-refractivity contribution >= 4 is 46.5 Å². The second-order valence-electron chi connectivity index (χ2n) is 6.08. The Kier molecular flexibility index (Phi) is 5.99. The molecule has 3 amide bonds. The van der Waals surface area contributed by atoms with E-state index >= 15 is 0 Å². The smallest absolute Gasteiger partial charge is 0.337 e. The maximum Gasteiger partial charge on any atom is 0.337 e. The number of carboxylic acid groups (broad SMARTS) is 1. The third-order valence-electron chi connectivity index (χ3n) is 4.04. The molecule has 1 heterocycles. The Bertz CT molecular complexity index is 1020. The van der Waals surface area contributed by atoms with E-state index in [-0.39, 0.29) is 34.9 Å². The van der Waals surface area contributed by atoms with Crippen LogP contribution in [0.2, 0.25) is 0 Å². The third kappa shape index (κ3) is 4.82. The highest BCUT2D eigenvalue weighted by molar-refractivity contribution is 8.18. The van der Waals surface area contributed by atoms with Gasteiger partial charge in [0.25, 0.3) is 11.1 Å². The zero-order valence-electron chi connectivity index (χ0n) is 15.0. The first kappa shape index (κ1) is 20.2. The van der Waals surface area contributed by atoms with E-state index in [0.717, 1.165) is 28.3 Å². The lowest BCUT2D eigenvalue weighted by atomic mass is 10.1. The van der Waals surface area contributed by atoms with Crippen LogP contribution in [0.3, 0.4) is 0 Å². The summed E-state index contributed by atoms with van der Waals surface area (Å²) >= 11 is 0.802. The van der Waals surface area contributed by atoms with Crippen LogP contribution in [0.4, 0.5) is 10.5 Å². The van der Waals surface area contributed by atoms with Crippen molar-refractivity contribution in [3.05, 3.63) is 64.6 Å². The van der Waals surface area contributed by atoms with Gasteiger partial charge in [0.05, 0.1) is 16.2 Å². The molecule has 0 spiro atoms. The fraction of sp³-hybridized carbons (Fsp3) is 0.100. The Morgan fingerprint density at radius 3 is 2.52 bits per heavy atom. The van der Waals surface area contributed by atoms with Crippen molar-refractivity contribution in [1.29, 1.82) is 0 Å². The van der Waals surface area contributed by atoms with Gasteiger partial charge < -0.3 is 15.5 Å². The molecule has 0 aromatic heterocycles. The number of nitrogens with zero attached hydrogens (tertiary/aromatic N) is 1. The SMILES string of the molecule is O=C(CCN1C(=O)S/C(=C/c2ccccc2)C1=O)Nc1ccc(O)cc1C(=O)O. The number of hydrogen-bond donors (Lipinski definition) is 3. The number of phenolic OH excluding ortho intramolecular Hbond substituents is 1. The molecule has 1 aliphatic heterocycles. The summed E-state index contributed by atoms with van der Waals surface area (Å²) in [6.07, 6.45) is 1.41. The summed E-state index contributed by atoms with van der Waals surface area (Å²) in [5, 5.41) is 20.5. The molecular formula is C20H16N2O6S. The number of carbonyl (C=O) groups excluding carboxylic acids is 3. The molecule has 1 aliphatic rings. The lowest BCUT2D eigenvalue weighted by Crippen LogP contribution is -2.31. The molecule has 3 rings (SSSR count). The molecule has 0 unspecified atom stereocenters. The molecule has 2 aromatic rings. The Labute approximate surface area is 169 Å². The number of thioether (sulfide) groups is 1. The van der Waals surface area contributed by atoms with Gasteiger partial charge in [-0.15, -0.1) is 0 Å². The van der Waals surface area contributed by atoms with Crippen LogP contribution >= 0.6 is 11.8 Å². The number of hydrogen-bond acceptors (Lipinski definition) is 6. The zero-order valence-corrected chi connectivity index (χ0v) is 15.8. The Hall–Kier alpha value is -3.59. The van der Waals surface area contributed by atoms with Crippen LogP contribution in [0.5, 0.6) is 5.75 Å². The first-order valence-electron chi connectivity index (χ1n) is 8.52. The number of carboxylic acids is 1. The molecule has 0 saturated carbocycles. The van der Waals surface area contributed by atoms with Crippen LogP contribution in [0.25, 0.3) is 6.08 Å². The van der Waals surface area contributed by atoms with Crippen LogP contribution in [0.1, 0.15) is 22.3 Å². The van der Waals surface area contributed by atoms with E-state index in [1.165, 1.54) is 12.1 Å². The molecule has 9 heteroatoms. The van der Waals surface area contributed by atoms with Crippen LogP contribution in [-0.2, 0) is 9.59 Å². The molecule has 0 aliphatic carbocycles. The maximum absolute atomic E-state index is 12.5. The second-order valence-corrected chi connectivity index (χ2v) is 7.07. The van der Waals surface area contributed by atoms with Crippen molar-refractivity contribution in [2.24, 2.45) is 0 Å². The Balaban J connectivity index is 1.63. The molecule has 2 aromatic carbocycles. The molecule has 1 fully saturated rings. The lowest BCUT2D eigenvalue weighted by Gasteiger charge is -2.13. The quantitative estimate of drug-likeness (QED) is 0.492. The van der Waals surface area contributed by atoms with Gasteiger partial charge in [0.2, 0.25) is 5.91 Å². The number of aromatic carboxylic acids is 1. The topological polar surface area (TPSA) is 124 Å². The van der Waals surface area contributed by atoms with Gasteiger partial charge in [0.15, 0.2) is 0 Å². The highest BCUT2D eigenvalue weighted by atomic mass is 32.2. The predicted octanol–water partition coefficient (Wildman–Crippen LogP) is 3.16. The molecule has 8 nitrogen and oxygen atoms in total. The summed E-state index contributed by atoms with van der Waals surface area (Å²) in [6.45, 7) is -0.136. The van der Waals surface area contributed by atoms with Gasteiger partial charge in [-0.25, -0.2) is 4.79 Å². The number of rotatable bonds is 6. The molecule has 0 atom stereocenters. The monoisotopic (exact) mass is 412 g/mol. The van der Waals surface area contributed by atoms with Gasteiger partial charge in [0, 0.05) is 13.0 Å². The number of amides is 3. The lowest BCUT2D eigenvalue weighted by molar-refractivity contribution is -0.123. The largest absolute Gasteiger partial charge is 0.508 e. The molecule has 0 radical (unpaired) electrons.